The molecular weight excluding hydrogens is 407 g/mol. The van der Waals surface area contributed by atoms with Crippen molar-refractivity contribution in [2.45, 2.75) is 0 Å². The average molecular weight is 418 g/mol. The predicted octanol–water partition coefficient (Wildman–Crippen LogP) is 6.33. The molecule has 134 valence electrons. The van der Waals surface area contributed by atoms with Crippen LogP contribution in [0.15, 0.2) is 60.8 Å². The fourth-order valence-electron chi connectivity index (χ4n) is 2.98. The molecule has 0 atom stereocenters. The van der Waals surface area contributed by atoms with E-state index in [9.17, 15) is 9.90 Å². The highest BCUT2D eigenvalue weighted by atomic mass is 35.5. The molecule has 0 saturated heterocycles. The average Bonchev–Trinajstić information content (AvgIpc) is 3.01. The number of carboxylic acid groups (broad SMARTS) is 1. The van der Waals surface area contributed by atoms with Crippen molar-refractivity contribution >= 4 is 46.4 Å². The molecular formula is C20H11Cl3N2O2. The van der Waals surface area contributed by atoms with Crippen molar-refractivity contribution in [2.75, 3.05) is 0 Å². The number of benzene rings is 2. The van der Waals surface area contributed by atoms with Crippen LogP contribution in [0.4, 0.5) is 0 Å². The highest BCUT2D eigenvalue weighted by molar-refractivity contribution is 6.36. The van der Waals surface area contributed by atoms with Crippen LogP contribution in [0, 0.1) is 0 Å². The fraction of sp³-hybridized carbons (Fsp3) is 0. The third-order valence-corrected chi connectivity index (χ3v) is 4.98. The Labute approximate surface area is 169 Å². The van der Waals surface area contributed by atoms with Crippen LogP contribution in [-0.4, -0.2) is 20.5 Å². The van der Waals surface area contributed by atoms with Crippen molar-refractivity contribution in [3.8, 4) is 22.5 Å². The molecule has 0 radical (unpaired) electrons. The number of carboxylic acids is 1. The summed E-state index contributed by atoms with van der Waals surface area (Å²) in [5.41, 5.74) is 3.20. The van der Waals surface area contributed by atoms with Gasteiger partial charge in [-0.3, -0.25) is 4.40 Å². The molecule has 0 unspecified atom stereocenters. The molecule has 4 rings (SSSR count). The minimum atomic E-state index is -1.05. The van der Waals surface area contributed by atoms with Gasteiger partial charge in [0, 0.05) is 27.4 Å². The van der Waals surface area contributed by atoms with E-state index in [-0.39, 0.29) is 5.56 Å². The molecule has 0 fully saturated rings. The summed E-state index contributed by atoms with van der Waals surface area (Å²) in [7, 11) is 0. The normalized spacial score (nSPS) is 11.1. The molecule has 0 amide bonds. The number of hydrogen-bond acceptors (Lipinski definition) is 2. The molecule has 0 bridgehead atoms. The number of aromatic nitrogens is 2. The summed E-state index contributed by atoms with van der Waals surface area (Å²) < 4.78 is 1.72. The van der Waals surface area contributed by atoms with E-state index < -0.39 is 5.97 Å². The second-order valence-corrected chi connectivity index (χ2v) is 7.14. The van der Waals surface area contributed by atoms with Gasteiger partial charge in [-0.2, -0.15) is 0 Å². The van der Waals surface area contributed by atoms with Gasteiger partial charge in [-0.1, -0.05) is 46.9 Å². The molecule has 2 aromatic carbocycles. The van der Waals surface area contributed by atoms with Gasteiger partial charge in [-0.25, -0.2) is 9.78 Å². The molecule has 4 nitrogen and oxygen atoms in total. The molecule has 0 aliphatic carbocycles. The Morgan fingerprint density at radius 2 is 1.67 bits per heavy atom. The zero-order valence-corrected chi connectivity index (χ0v) is 15.9. The lowest BCUT2D eigenvalue weighted by molar-refractivity contribution is 0.0698. The highest BCUT2D eigenvalue weighted by Gasteiger charge is 2.21. The van der Waals surface area contributed by atoms with Gasteiger partial charge < -0.3 is 5.11 Å². The Hall–Kier alpha value is -2.53. The summed E-state index contributed by atoms with van der Waals surface area (Å²) in [6, 6.07) is 15.5. The molecule has 0 aliphatic rings. The van der Waals surface area contributed by atoms with Crippen LogP contribution in [0.5, 0.6) is 0 Å². The number of hydrogen-bond donors (Lipinski definition) is 1. The number of nitrogens with zero attached hydrogens (tertiary/aromatic N) is 2. The smallest absolute Gasteiger partial charge is 0.339 e. The van der Waals surface area contributed by atoms with E-state index in [1.54, 1.807) is 47.0 Å². The number of pyridine rings is 1. The van der Waals surface area contributed by atoms with Crippen LogP contribution in [0.2, 0.25) is 15.1 Å². The van der Waals surface area contributed by atoms with Gasteiger partial charge in [0.2, 0.25) is 0 Å². The van der Waals surface area contributed by atoms with Crippen LogP contribution >= 0.6 is 34.8 Å². The second kappa shape index (κ2) is 6.89. The third-order valence-electron chi connectivity index (χ3n) is 4.18. The van der Waals surface area contributed by atoms with Crippen LogP contribution in [0.25, 0.3) is 28.2 Å². The SMILES string of the molecule is O=C(O)c1cccn2c(-c3ccc(Cl)cc3Cl)c(-c3ccc(Cl)cc3)nc12. The summed E-state index contributed by atoms with van der Waals surface area (Å²) in [5.74, 6) is -1.05. The van der Waals surface area contributed by atoms with Crippen molar-refractivity contribution in [3.63, 3.8) is 0 Å². The van der Waals surface area contributed by atoms with E-state index in [1.165, 1.54) is 6.07 Å². The molecule has 0 spiro atoms. The largest absolute Gasteiger partial charge is 0.478 e. The van der Waals surface area contributed by atoms with Gasteiger partial charge in [-0.05, 0) is 42.5 Å². The van der Waals surface area contributed by atoms with Crippen LogP contribution in [0.1, 0.15) is 10.4 Å². The van der Waals surface area contributed by atoms with Crippen molar-refractivity contribution in [2.24, 2.45) is 0 Å². The van der Waals surface area contributed by atoms with E-state index in [4.69, 9.17) is 34.8 Å². The fourth-order valence-corrected chi connectivity index (χ4v) is 3.61. The predicted molar refractivity (Wildman–Crippen MR) is 108 cm³/mol. The quantitative estimate of drug-likeness (QED) is 0.424. The van der Waals surface area contributed by atoms with Gasteiger partial charge >= 0.3 is 5.97 Å². The van der Waals surface area contributed by atoms with Gasteiger partial charge in [0.15, 0.2) is 5.65 Å². The van der Waals surface area contributed by atoms with Crippen molar-refractivity contribution < 1.29 is 9.90 Å². The maximum Gasteiger partial charge on any atom is 0.339 e. The molecule has 0 aliphatic heterocycles. The first kappa shape index (κ1) is 17.9. The maximum atomic E-state index is 11.7. The summed E-state index contributed by atoms with van der Waals surface area (Å²) in [6.07, 6.45) is 1.76. The standard InChI is InChI=1S/C20H11Cl3N2O2/c21-12-5-3-11(4-6-12)17-18(14-8-7-13(22)10-16(14)23)25-9-1-2-15(20(26)27)19(25)24-17/h1-10H,(H,26,27). The highest BCUT2D eigenvalue weighted by Crippen LogP contribution is 2.38. The topological polar surface area (TPSA) is 54.6 Å². The zero-order valence-electron chi connectivity index (χ0n) is 13.7. The minimum absolute atomic E-state index is 0.101. The molecule has 27 heavy (non-hydrogen) atoms. The number of rotatable bonds is 3. The first-order valence-electron chi connectivity index (χ1n) is 7.91. The summed E-state index contributed by atoms with van der Waals surface area (Å²) >= 11 is 18.5. The Balaban J connectivity index is 2.11. The van der Waals surface area contributed by atoms with E-state index in [1.807, 2.05) is 12.1 Å². The number of halogens is 3. The van der Waals surface area contributed by atoms with Crippen molar-refractivity contribution in [3.05, 3.63) is 81.4 Å². The summed E-state index contributed by atoms with van der Waals surface area (Å²) in [4.78, 5) is 16.3. The Morgan fingerprint density at radius 1 is 0.963 bits per heavy atom. The molecule has 2 aromatic heterocycles. The van der Waals surface area contributed by atoms with Crippen LogP contribution in [0.3, 0.4) is 0 Å². The van der Waals surface area contributed by atoms with Gasteiger partial charge in [0.05, 0.1) is 16.4 Å². The molecule has 2 heterocycles. The lowest BCUT2D eigenvalue weighted by Crippen LogP contribution is -2.00. The van der Waals surface area contributed by atoms with Gasteiger partial charge in [0.25, 0.3) is 0 Å². The Morgan fingerprint density at radius 3 is 2.33 bits per heavy atom. The first-order chi connectivity index (χ1) is 13.0. The summed E-state index contributed by atoms with van der Waals surface area (Å²) in [5, 5.41) is 11.1. The van der Waals surface area contributed by atoms with Gasteiger partial charge in [-0.15, -0.1) is 0 Å². The zero-order chi connectivity index (χ0) is 19.1. The van der Waals surface area contributed by atoms with Crippen molar-refractivity contribution in [1.29, 1.82) is 0 Å². The monoisotopic (exact) mass is 416 g/mol. The molecule has 1 N–H and O–H groups in total. The van der Waals surface area contributed by atoms with Crippen LogP contribution < -0.4 is 0 Å². The van der Waals surface area contributed by atoms with Crippen LogP contribution in [-0.2, 0) is 0 Å². The Kier molecular flexibility index (Phi) is 4.56. The van der Waals surface area contributed by atoms with E-state index in [0.717, 1.165) is 5.56 Å². The van der Waals surface area contributed by atoms with E-state index in [0.29, 0.717) is 37.7 Å². The number of imidazole rings is 1. The number of fused-ring (bicyclic) bond motifs is 1. The Bertz CT molecular complexity index is 1180. The second-order valence-electron chi connectivity index (χ2n) is 5.86. The third kappa shape index (κ3) is 3.16. The lowest BCUT2D eigenvalue weighted by atomic mass is 10.0. The first-order valence-corrected chi connectivity index (χ1v) is 9.05. The van der Waals surface area contributed by atoms with E-state index >= 15 is 0 Å². The molecule has 4 aromatic rings. The van der Waals surface area contributed by atoms with E-state index in [2.05, 4.69) is 4.98 Å². The lowest BCUT2D eigenvalue weighted by Gasteiger charge is -2.09. The number of aromatic carboxylic acids is 1. The number of carbonyl (C=O) groups is 1. The van der Waals surface area contributed by atoms with Crippen molar-refractivity contribution in [1.82, 2.24) is 9.38 Å². The molecule has 0 saturated carbocycles. The summed E-state index contributed by atoms with van der Waals surface area (Å²) in [6.45, 7) is 0. The van der Waals surface area contributed by atoms with Gasteiger partial charge in [0.1, 0.15) is 5.56 Å². The maximum absolute atomic E-state index is 11.7. The molecule has 7 heteroatoms. The minimum Gasteiger partial charge on any atom is -0.478 e.